The van der Waals surface area contributed by atoms with E-state index >= 15 is 0 Å². The monoisotopic (exact) mass is 463 g/mol. The van der Waals surface area contributed by atoms with Crippen LogP contribution in [0, 0.1) is 5.82 Å². The first-order chi connectivity index (χ1) is 14.5. The number of halogens is 1. The van der Waals surface area contributed by atoms with Gasteiger partial charge >= 0.3 is 0 Å². The zero-order valence-electron chi connectivity index (χ0n) is 17.4. The third kappa shape index (κ3) is 5.66. The van der Waals surface area contributed by atoms with Crippen molar-refractivity contribution in [2.45, 2.75) is 31.2 Å². The van der Waals surface area contributed by atoms with Crippen molar-refractivity contribution in [3.8, 4) is 17.0 Å². The zero-order valence-corrected chi connectivity index (χ0v) is 19.0. The highest BCUT2D eigenvalue weighted by atomic mass is 32.2. The van der Waals surface area contributed by atoms with Gasteiger partial charge in [0.15, 0.2) is 5.13 Å². The van der Waals surface area contributed by atoms with E-state index in [1.165, 1.54) is 48.8 Å². The highest BCUT2D eigenvalue weighted by molar-refractivity contribution is 7.89. The fourth-order valence-corrected chi connectivity index (χ4v) is 5.10. The molecule has 0 atom stereocenters. The van der Waals surface area contributed by atoms with Crippen LogP contribution in [0.15, 0.2) is 52.7 Å². The fourth-order valence-electron chi connectivity index (χ4n) is 2.77. The maximum atomic E-state index is 13.4. The number of aromatic nitrogens is 1. The third-order valence-electron chi connectivity index (χ3n) is 4.00. The molecule has 3 aromatic rings. The maximum Gasteiger partial charge on any atom is 0.257 e. The van der Waals surface area contributed by atoms with Gasteiger partial charge in [0.2, 0.25) is 10.0 Å². The summed E-state index contributed by atoms with van der Waals surface area (Å²) in [5.74, 6) is -0.794. The van der Waals surface area contributed by atoms with Crippen LogP contribution in [0.1, 0.15) is 31.1 Å². The van der Waals surface area contributed by atoms with Crippen molar-refractivity contribution in [1.82, 2.24) is 9.71 Å². The first-order valence-electron chi connectivity index (χ1n) is 9.23. The van der Waals surface area contributed by atoms with Crippen LogP contribution < -0.4 is 14.8 Å². The van der Waals surface area contributed by atoms with Gasteiger partial charge in [-0.1, -0.05) is 12.1 Å². The lowest BCUT2D eigenvalue weighted by atomic mass is 10.1. The molecule has 0 aliphatic rings. The Balaban J connectivity index is 1.86. The molecule has 0 fully saturated rings. The summed E-state index contributed by atoms with van der Waals surface area (Å²) in [6, 6.07) is 10.1. The van der Waals surface area contributed by atoms with Crippen molar-refractivity contribution >= 4 is 32.4 Å². The van der Waals surface area contributed by atoms with E-state index in [1.807, 2.05) is 0 Å². The van der Waals surface area contributed by atoms with Gasteiger partial charge in [0.05, 0.1) is 12.8 Å². The standard InChI is InChI=1S/C21H22FN3O4S2/c1-21(2,3)25-31(27,28)18-11-14(8-9-17(18)29-4)19(26)24-20-23-16(12-30-20)13-6-5-7-15(22)10-13/h5-12,25H,1-4H3,(H,23,24,26). The summed E-state index contributed by atoms with van der Waals surface area (Å²) in [6.45, 7) is 5.14. The molecule has 0 radical (unpaired) electrons. The normalized spacial score (nSPS) is 11.9. The lowest BCUT2D eigenvalue weighted by Crippen LogP contribution is -2.40. The van der Waals surface area contributed by atoms with E-state index in [4.69, 9.17) is 4.74 Å². The quantitative estimate of drug-likeness (QED) is 0.569. The van der Waals surface area contributed by atoms with Gasteiger partial charge in [-0.3, -0.25) is 10.1 Å². The van der Waals surface area contributed by atoms with Crippen molar-refractivity contribution in [2.75, 3.05) is 12.4 Å². The van der Waals surface area contributed by atoms with Crippen molar-refractivity contribution in [3.05, 3.63) is 59.2 Å². The summed E-state index contributed by atoms with van der Waals surface area (Å²) in [4.78, 5) is 16.9. The van der Waals surface area contributed by atoms with Gasteiger partial charge in [0.1, 0.15) is 16.5 Å². The molecular formula is C21H22FN3O4S2. The van der Waals surface area contributed by atoms with Crippen molar-refractivity contribution in [2.24, 2.45) is 0 Å². The molecule has 0 aliphatic carbocycles. The van der Waals surface area contributed by atoms with E-state index in [1.54, 1.807) is 38.3 Å². The predicted molar refractivity (Wildman–Crippen MR) is 119 cm³/mol. The lowest BCUT2D eigenvalue weighted by molar-refractivity contribution is 0.102. The van der Waals surface area contributed by atoms with Crippen molar-refractivity contribution < 1.29 is 22.3 Å². The van der Waals surface area contributed by atoms with Gasteiger partial charge in [-0.15, -0.1) is 11.3 Å². The number of hydrogen-bond acceptors (Lipinski definition) is 6. The number of ether oxygens (including phenoxy) is 1. The van der Waals surface area contributed by atoms with Crippen LogP contribution in [0.3, 0.4) is 0 Å². The summed E-state index contributed by atoms with van der Waals surface area (Å²) in [7, 11) is -2.57. The van der Waals surface area contributed by atoms with E-state index in [0.29, 0.717) is 16.4 Å². The highest BCUT2D eigenvalue weighted by Gasteiger charge is 2.26. The number of sulfonamides is 1. The van der Waals surface area contributed by atoms with Crippen LogP contribution in [-0.2, 0) is 10.0 Å². The predicted octanol–water partition coefficient (Wildman–Crippen LogP) is 4.29. The van der Waals surface area contributed by atoms with Crippen molar-refractivity contribution in [3.63, 3.8) is 0 Å². The van der Waals surface area contributed by atoms with Gasteiger partial charge in [-0.2, -0.15) is 0 Å². The molecule has 3 rings (SSSR count). The summed E-state index contributed by atoms with van der Waals surface area (Å²) in [5.41, 5.74) is 0.517. The Bertz CT molecular complexity index is 1220. The Hall–Kier alpha value is -2.82. The molecule has 1 amide bonds. The number of benzene rings is 2. The second-order valence-corrected chi connectivity index (χ2v) is 10.2. The Morgan fingerprint density at radius 1 is 1.16 bits per heavy atom. The van der Waals surface area contributed by atoms with Gasteiger partial charge in [-0.05, 0) is 51.1 Å². The van der Waals surface area contributed by atoms with Gasteiger partial charge in [0, 0.05) is 22.0 Å². The van der Waals surface area contributed by atoms with E-state index in [2.05, 4.69) is 15.0 Å². The van der Waals surface area contributed by atoms with Gasteiger partial charge in [-0.25, -0.2) is 22.5 Å². The first-order valence-corrected chi connectivity index (χ1v) is 11.6. The summed E-state index contributed by atoms with van der Waals surface area (Å²) in [6.07, 6.45) is 0. The minimum Gasteiger partial charge on any atom is -0.495 e. The number of hydrogen-bond donors (Lipinski definition) is 2. The number of carbonyl (C=O) groups is 1. The highest BCUT2D eigenvalue weighted by Crippen LogP contribution is 2.28. The number of amides is 1. The topological polar surface area (TPSA) is 97.4 Å². The number of nitrogens with one attached hydrogen (secondary N) is 2. The fraction of sp³-hybridized carbons (Fsp3) is 0.238. The van der Waals surface area contributed by atoms with Gasteiger partial charge < -0.3 is 4.74 Å². The van der Waals surface area contributed by atoms with Crippen LogP contribution >= 0.6 is 11.3 Å². The van der Waals surface area contributed by atoms with Crippen LogP contribution in [0.4, 0.5) is 9.52 Å². The Kier molecular flexibility index (Phi) is 6.44. The summed E-state index contributed by atoms with van der Waals surface area (Å²) >= 11 is 1.18. The molecule has 31 heavy (non-hydrogen) atoms. The molecule has 164 valence electrons. The smallest absolute Gasteiger partial charge is 0.257 e. The third-order valence-corrected chi connectivity index (χ3v) is 6.54. The van der Waals surface area contributed by atoms with Crippen LogP contribution in [0.5, 0.6) is 5.75 Å². The van der Waals surface area contributed by atoms with E-state index in [-0.39, 0.29) is 22.0 Å². The SMILES string of the molecule is COc1ccc(C(=O)Nc2nc(-c3cccc(F)c3)cs2)cc1S(=O)(=O)NC(C)(C)C. The average molecular weight is 464 g/mol. The minimum atomic E-state index is -3.93. The van der Waals surface area contributed by atoms with Gasteiger partial charge in [0.25, 0.3) is 5.91 Å². The molecule has 0 saturated heterocycles. The minimum absolute atomic E-state index is 0.121. The number of carbonyl (C=O) groups excluding carboxylic acids is 1. The molecule has 0 bridgehead atoms. The van der Waals surface area contributed by atoms with E-state index in [9.17, 15) is 17.6 Å². The zero-order chi connectivity index (χ0) is 22.8. The first kappa shape index (κ1) is 22.9. The molecule has 0 unspecified atom stereocenters. The number of nitrogens with zero attached hydrogens (tertiary/aromatic N) is 1. The number of anilines is 1. The number of methoxy groups -OCH3 is 1. The van der Waals surface area contributed by atoms with Crippen molar-refractivity contribution in [1.29, 1.82) is 0 Å². The van der Waals surface area contributed by atoms with E-state index < -0.39 is 21.5 Å². The molecule has 0 saturated carbocycles. The maximum absolute atomic E-state index is 13.4. The molecule has 7 nitrogen and oxygen atoms in total. The molecular weight excluding hydrogens is 441 g/mol. The Morgan fingerprint density at radius 2 is 1.90 bits per heavy atom. The largest absolute Gasteiger partial charge is 0.495 e. The summed E-state index contributed by atoms with van der Waals surface area (Å²) < 4.78 is 46.7. The second-order valence-electron chi connectivity index (χ2n) is 7.72. The Morgan fingerprint density at radius 3 is 2.55 bits per heavy atom. The molecule has 0 spiro atoms. The molecule has 1 aromatic heterocycles. The molecule has 1 heterocycles. The number of thiazole rings is 1. The summed E-state index contributed by atoms with van der Waals surface area (Å²) in [5, 5.41) is 4.65. The molecule has 0 aliphatic heterocycles. The lowest BCUT2D eigenvalue weighted by Gasteiger charge is -2.21. The van der Waals surface area contributed by atoms with Crippen LogP contribution in [-0.4, -0.2) is 32.0 Å². The van der Waals surface area contributed by atoms with Crippen LogP contribution in [0.2, 0.25) is 0 Å². The molecule has 2 N–H and O–H groups in total. The second kappa shape index (κ2) is 8.74. The van der Waals surface area contributed by atoms with E-state index in [0.717, 1.165) is 0 Å². The number of rotatable bonds is 6. The molecule has 10 heteroatoms. The Labute approximate surface area is 184 Å². The van der Waals surface area contributed by atoms with Crippen LogP contribution in [0.25, 0.3) is 11.3 Å². The average Bonchev–Trinajstić information content (AvgIpc) is 3.14. The molecule has 2 aromatic carbocycles.